The Bertz CT molecular complexity index is 1780. The molecular weight excluding hydrogens is 505 g/mol. The summed E-state index contributed by atoms with van der Waals surface area (Å²) in [6.07, 6.45) is 9.72. The molecule has 1 aromatic carbocycles. The molecular formula is C31H28FN7O. The van der Waals surface area contributed by atoms with Crippen LogP contribution < -0.4 is 10.6 Å². The number of benzene rings is 1. The number of pyridine rings is 2. The van der Waals surface area contributed by atoms with Gasteiger partial charge < -0.3 is 15.5 Å². The maximum atomic E-state index is 14.0. The molecule has 1 saturated heterocycles. The number of hydrogen-bond donors (Lipinski definition) is 3. The Morgan fingerprint density at radius 2 is 2.12 bits per heavy atom. The maximum Gasteiger partial charge on any atom is 0.224 e. The topological polar surface area (TPSA) is 98.6 Å². The van der Waals surface area contributed by atoms with Crippen LogP contribution in [0.15, 0.2) is 72.3 Å². The molecule has 3 aliphatic heterocycles. The summed E-state index contributed by atoms with van der Waals surface area (Å²) in [6, 6.07) is 10.8. The standard InChI is InChI=1S/C31H28FN7O/c1-3-5-28(40)34-25-12-19(15-39-16-27(25)39)23-8-9-24-30(35-23)31(38-37-24)29-17(2)10-21-22(13-33-14-26(21)36-29)18-6-4-7-20(32)11-18/h4,6-9,11-15,27,36H,3,5,10,16H2,1-2H3,(H,34,40)(H,37,38). The summed E-state index contributed by atoms with van der Waals surface area (Å²) in [7, 11) is 0. The molecule has 8 nitrogen and oxygen atoms in total. The molecule has 4 aromatic rings. The second kappa shape index (κ2) is 9.44. The van der Waals surface area contributed by atoms with E-state index < -0.39 is 0 Å². The summed E-state index contributed by atoms with van der Waals surface area (Å²) in [6.45, 7) is 4.97. The molecule has 3 N–H and O–H groups in total. The number of allylic oxidation sites excluding steroid dienone is 3. The van der Waals surface area contributed by atoms with Gasteiger partial charge in [0.2, 0.25) is 5.91 Å². The van der Waals surface area contributed by atoms with Crippen LogP contribution in [0, 0.1) is 5.82 Å². The molecule has 0 aliphatic carbocycles. The van der Waals surface area contributed by atoms with Crippen molar-refractivity contribution in [2.45, 2.75) is 39.2 Å². The van der Waals surface area contributed by atoms with Crippen LogP contribution >= 0.6 is 0 Å². The van der Waals surface area contributed by atoms with Gasteiger partial charge in [-0.05, 0) is 66.8 Å². The smallest absolute Gasteiger partial charge is 0.224 e. The number of halogens is 1. The SMILES string of the molecule is CCCC(=O)NC1=CC(c2ccc3[nH]nc(C4=C(C)Cc5c(cncc5-c5cccc(F)c5)N4)c3n2)=CN2CC12. The number of amides is 1. The fourth-order valence-electron chi connectivity index (χ4n) is 5.54. The van der Waals surface area contributed by atoms with E-state index in [1.165, 1.54) is 12.1 Å². The molecule has 0 radical (unpaired) electrons. The molecule has 200 valence electrons. The molecule has 0 spiro atoms. The van der Waals surface area contributed by atoms with E-state index in [0.717, 1.165) is 80.3 Å². The zero-order valence-corrected chi connectivity index (χ0v) is 22.3. The highest BCUT2D eigenvalue weighted by Gasteiger charge is 2.38. The van der Waals surface area contributed by atoms with Crippen LogP contribution in [0.1, 0.15) is 43.6 Å². The Morgan fingerprint density at radius 1 is 1.23 bits per heavy atom. The van der Waals surface area contributed by atoms with Crippen LogP contribution in [0.25, 0.3) is 33.4 Å². The van der Waals surface area contributed by atoms with E-state index in [2.05, 4.69) is 43.8 Å². The van der Waals surface area contributed by atoms with Crippen LogP contribution in [0.3, 0.4) is 0 Å². The van der Waals surface area contributed by atoms with Crippen LogP contribution in [0.2, 0.25) is 0 Å². The van der Waals surface area contributed by atoms with Gasteiger partial charge in [-0.2, -0.15) is 5.10 Å². The van der Waals surface area contributed by atoms with Gasteiger partial charge in [0.05, 0.1) is 34.8 Å². The molecule has 9 heteroatoms. The van der Waals surface area contributed by atoms with E-state index in [-0.39, 0.29) is 17.8 Å². The average Bonchev–Trinajstić information content (AvgIpc) is 3.63. The summed E-state index contributed by atoms with van der Waals surface area (Å²) in [4.78, 5) is 23.9. The Kier molecular flexibility index (Phi) is 5.73. The minimum Gasteiger partial charge on any atom is -0.364 e. The average molecular weight is 534 g/mol. The summed E-state index contributed by atoms with van der Waals surface area (Å²) in [5, 5.41) is 14.4. The number of carbonyl (C=O) groups is 1. The first-order valence-electron chi connectivity index (χ1n) is 13.5. The van der Waals surface area contributed by atoms with Gasteiger partial charge in [0.25, 0.3) is 0 Å². The molecule has 3 aliphatic rings. The number of fused-ring (bicyclic) bond motifs is 3. The molecule has 1 atom stereocenters. The number of hydrogen-bond acceptors (Lipinski definition) is 6. The molecule has 1 unspecified atom stereocenters. The van der Waals surface area contributed by atoms with Crippen molar-refractivity contribution < 1.29 is 9.18 Å². The summed E-state index contributed by atoms with van der Waals surface area (Å²) >= 11 is 0. The van der Waals surface area contributed by atoms with Crippen molar-refractivity contribution in [3.63, 3.8) is 0 Å². The Morgan fingerprint density at radius 3 is 2.98 bits per heavy atom. The van der Waals surface area contributed by atoms with E-state index >= 15 is 0 Å². The third-order valence-electron chi connectivity index (χ3n) is 7.65. The van der Waals surface area contributed by atoms with Crippen LogP contribution in [-0.2, 0) is 11.2 Å². The van der Waals surface area contributed by atoms with Crippen molar-refractivity contribution in [3.05, 3.63) is 95.1 Å². The maximum absolute atomic E-state index is 14.0. The van der Waals surface area contributed by atoms with E-state index in [4.69, 9.17) is 4.98 Å². The van der Waals surface area contributed by atoms with E-state index in [1.54, 1.807) is 18.5 Å². The van der Waals surface area contributed by atoms with Crippen molar-refractivity contribution in [3.8, 4) is 11.1 Å². The van der Waals surface area contributed by atoms with Crippen molar-refractivity contribution >= 4 is 33.9 Å². The van der Waals surface area contributed by atoms with Gasteiger partial charge in [-0.25, -0.2) is 9.37 Å². The lowest BCUT2D eigenvalue weighted by atomic mass is 9.91. The Hall–Kier alpha value is -4.79. The molecule has 0 bridgehead atoms. The Balaban J connectivity index is 1.23. The van der Waals surface area contributed by atoms with Crippen LogP contribution in [-0.4, -0.2) is 43.6 Å². The summed E-state index contributed by atoms with van der Waals surface area (Å²) in [5.74, 6) is -0.229. The minimum atomic E-state index is -0.274. The van der Waals surface area contributed by atoms with Crippen molar-refractivity contribution in [1.29, 1.82) is 0 Å². The first-order chi connectivity index (χ1) is 19.5. The number of nitrogens with zero attached hydrogens (tertiary/aromatic N) is 4. The largest absolute Gasteiger partial charge is 0.364 e. The predicted octanol–water partition coefficient (Wildman–Crippen LogP) is 5.40. The van der Waals surface area contributed by atoms with E-state index in [0.29, 0.717) is 12.8 Å². The Labute approximate surface area is 230 Å². The lowest BCUT2D eigenvalue weighted by Gasteiger charge is -2.24. The summed E-state index contributed by atoms with van der Waals surface area (Å²) < 4.78 is 14.0. The number of aromatic amines is 1. The molecule has 1 amide bonds. The number of nitrogens with one attached hydrogen (secondary N) is 3. The first-order valence-corrected chi connectivity index (χ1v) is 13.5. The van der Waals surface area contributed by atoms with Gasteiger partial charge in [0, 0.05) is 42.2 Å². The van der Waals surface area contributed by atoms with Crippen LogP contribution in [0.4, 0.5) is 10.1 Å². The highest BCUT2D eigenvalue weighted by molar-refractivity contribution is 5.95. The zero-order chi connectivity index (χ0) is 27.4. The fraction of sp³-hybridized carbons (Fsp3) is 0.226. The number of carbonyl (C=O) groups excluding carboxylic acids is 1. The van der Waals surface area contributed by atoms with Crippen LogP contribution in [0.5, 0.6) is 0 Å². The highest BCUT2D eigenvalue weighted by Crippen LogP contribution is 2.39. The monoisotopic (exact) mass is 533 g/mol. The zero-order valence-electron chi connectivity index (χ0n) is 22.3. The summed E-state index contributed by atoms with van der Waals surface area (Å²) in [5.41, 5.74) is 10.6. The minimum absolute atomic E-state index is 0.0449. The second-order valence-electron chi connectivity index (χ2n) is 10.5. The normalized spacial score (nSPS) is 17.6. The van der Waals surface area contributed by atoms with Gasteiger partial charge in [-0.1, -0.05) is 19.1 Å². The van der Waals surface area contributed by atoms with Gasteiger partial charge >= 0.3 is 0 Å². The highest BCUT2D eigenvalue weighted by atomic mass is 19.1. The number of H-pyrrole nitrogens is 1. The van der Waals surface area contributed by atoms with Gasteiger partial charge in [-0.15, -0.1) is 0 Å². The molecule has 6 heterocycles. The van der Waals surface area contributed by atoms with Crippen molar-refractivity contribution in [2.24, 2.45) is 0 Å². The van der Waals surface area contributed by atoms with Gasteiger partial charge in [0.1, 0.15) is 17.0 Å². The number of aromatic nitrogens is 4. The third-order valence-corrected chi connectivity index (χ3v) is 7.65. The van der Waals surface area contributed by atoms with Crippen molar-refractivity contribution in [2.75, 3.05) is 11.9 Å². The first kappa shape index (κ1) is 24.3. The van der Waals surface area contributed by atoms with E-state index in [1.807, 2.05) is 31.2 Å². The number of anilines is 1. The lowest BCUT2D eigenvalue weighted by molar-refractivity contribution is -0.120. The molecule has 1 fully saturated rings. The predicted molar refractivity (Wildman–Crippen MR) is 153 cm³/mol. The lowest BCUT2D eigenvalue weighted by Crippen LogP contribution is -2.27. The molecule has 0 saturated carbocycles. The fourth-order valence-corrected chi connectivity index (χ4v) is 5.54. The number of rotatable bonds is 6. The molecule has 40 heavy (non-hydrogen) atoms. The van der Waals surface area contributed by atoms with Gasteiger partial charge in [-0.3, -0.25) is 14.9 Å². The second-order valence-corrected chi connectivity index (χ2v) is 10.5. The quantitative estimate of drug-likeness (QED) is 0.287. The van der Waals surface area contributed by atoms with Crippen molar-refractivity contribution in [1.82, 2.24) is 30.4 Å². The molecule has 3 aromatic heterocycles. The van der Waals surface area contributed by atoms with Gasteiger partial charge in [0.15, 0.2) is 0 Å². The van der Waals surface area contributed by atoms with E-state index in [9.17, 15) is 9.18 Å². The molecule has 7 rings (SSSR count). The third kappa shape index (κ3) is 4.23.